The Bertz CT molecular complexity index is 309. The molecule has 78 valence electrons. The monoisotopic (exact) mass is 195 g/mol. The Balaban J connectivity index is 2.02. The fourth-order valence-corrected chi connectivity index (χ4v) is 1.39. The number of ether oxygens (including phenoxy) is 1. The predicted octanol–water partition coefficient (Wildman–Crippen LogP) is 1.20. The number of rotatable bonds is 2. The van der Waals surface area contributed by atoms with Gasteiger partial charge in [0.25, 0.3) is 0 Å². The van der Waals surface area contributed by atoms with Crippen molar-refractivity contribution in [3.63, 3.8) is 0 Å². The van der Waals surface area contributed by atoms with Crippen LogP contribution in [0.4, 0.5) is 0 Å². The van der Waals surface area contributed by atoms with Crippen molar-refractivity contribution in [2.24, 2.45) is 0 Å². The van der Waals surface area contributed by atoms with Crippen molar-refractivity contribution in [3.8, 4) is 5.75 Å². The first-order chi connectivity index (χ1) is 6.54. The average molecular weight is 195 g/mol. The van der Waals surface area contributed by atoms with E-state index in [9.17, 15) is 0 Å². The topological polar surface area (TPSA) is 39.1 Å². The molecule has 0 atom stereocenters. The molecule has 0 aromatic carbocycles. The van der Waals surface area contributed by atoms with Crippen LogP contribution in [0.5, 0.6) is 5.75 Å². The van der Waals surface area contributed by atoms with Crippen molar-refractivity contribution in [1.29, 1.82) is 0 Å². The summed E-state index contributed by atoms with van der Waals surface area (Å²) in [6, 6.07) is 0.507. The molecule has 1 aromatic heterocycles. The summed E-state index contributed by atoms with van der Waals surface area (Å²) >= 11 is 0. The molecule has 1 aromatic rings. The summed E-state index contributed by atoms with van der Waals surface area (Å²) in [7, 11) is 0. The molecule has 4 heteroatoms. The highest BCUT2D eigenvalue weighted by molar-refractivity contribution is 5.14. The van der Waals surface area contributed by atoms with Gasteiger partial charge in [-0.05, 0) is 20.8 Å². The summed E-state index contributed by atoms with van der Waals surface area (Å²) in [6.07, 6.45) is 3.75. The highest BCUT2D eigenvalue weighted by Crippen LogP contribution is 2.19. The van der Waals surface area contributed by atoms with Gasteiger partial charge in [-0.3, -0.25) is 4.68 Å². The van der Waals surface area contributed by atoms with Crippen molar-refractivity contribution >= 4 is 0 Å². The molecule has 1 N–H and O–H groups in total. The minimum absolute atomic E-state index is 0.147. The van der Waals surface area contributed by atoms with Gasteiger partial charge in [0.15, 0.2) is 5.75 Å². The van der Waals surface area contributed by atoms with Crippen LogP contribution in [0.1, 0.15) is 26.8 Å². The van der Waals surface area contributed by atoms with Gasteiger partial charge < -0.3 is 10.1 Å². The van der Waals surface area contributed by atoms with Gasteiger partial charge >= 0.3 is 0 Å². The number of hydrogen-bond donors (Lipinski definition) is 1. The molecule has 2 rings (SSSR count). The first-order valence-corrected chi connectivity index (χ1v) is 4.98. The van der Waals surface area contributed by atoms with Crippen LogP contribution in [0.15, 0.2) is 12.4 Å². The number of aromatic nitrogens is 2. The second kappa shape index (κ2) is 3.28. The number of nitrogens with zero attached hydrogens (tertiary/aromatic N) is 2. The zero-order valence-electron chi connectivity index (χ0n) is 8.95. The molecule has 0 aliphatic carbocycles. The van der Waals surface area contributed by atoms with Gasteiger partial charge in [-0.25, -0.2) is 0 Å². The van der Waals surface area contributed by atoms with Crippen LogP contribution in [0, 0.1) is 0 Å². The van der Waals surface area contributed by atoms with E-state index in [2.05, 4.69) is 10.4 Å². The molecule has 2 heterocycles. The molecule has 1 aliphatic rings. The maximum absolute atomic E-state index is 5.70. The highest BCUT2D eigenvalue weighted by Gasteiger charge is 2.20. The average Bonchev–Trinajstić information content (AvgIpc) is 2.28. The molecule has 1 saturated heterocycles. The lowest BCUT2D eigenvalue weighted by molar-refractivity contribution is 0.130. The minimum atomic E-state index is -0.147. The van der Waals surface area contributed by atoms with Crippen LogP contribution in [0.25, 0.3) is 0 Å². The molecule has 0 spiro atoms. The van der Waals surface area contributed by atoms with E-state index >= 15 is 0 Å². The summed E-state index contributed by atoms with van der Waals surface area (Å²) in [5.41, 5.74) is -0.147. The van der Waals surface area contributed by atoms with E-state index in [1.807, 2.05) is 31.6 Å². The van der Waals surface area contributed by atoms with E-state index in [4.69, 9.17) is 4.74 Å². The Hall–Kier alpha value is -1.03. The highest BCUT2D eigenvalue weighted by atomic mass is 16.5. The SMILES string of the molecule is CC(C)(C)Oc1cnn(C2CNC2)c1. The number of nitrogens with one attached hydrogen (secondary N) is 1. The second-order valence-corrected chi connectivity index (χ2v) is 4.68. The molecule has 1 fully saturated rings. The van der Waals surface area contributed by atoms with Gasteiger partial charge in [-0.2, -0.15) is 5.10 Å². The molecule has 1 aliphatic heterocycles. The van der Waals surface area contributed by atoms with Gasteiger partial charge in [0.05, 0.1) is 18.4 Å². The van der Waals surface area contributed by atoms with Gasteiger partial charge in [0.2, 0.25) is 0 Å². The number of hydrogen-bond acceptors (Lipinski definition) is 3. The lowest BCUT2D eigenvalue weighted by Gasteiger charge is -2.27. The van der Waals surface area contributed by atoms with Gasteiger partial charge in [-0.1, -0.05) is 0 Å². The minimum Gasteiger partial charge on any atom is -0.485 e. The van der Waals surface area contributed by atoms with E-state index in [1.165, 1.54) is 0 Å². The van der Waals surface area contributed by atoms with Crippen molar-refractivity contribution in [1.82, 2.24) is 15.1 Å². The largest absolute Gasteiger partial charge is 0.485 e. The summed E-state index contributed by atoms with van der Waals surface area (Å²) in [5.74, 6) is 0.851. The van der Waals surface area contributed by atoms with E-state index in [0.29, 0.717) is 6.04 Å². The molecular formula is C10H17N3O. The summed E-state index contributed by atoms with van der Waals surface area (Å²) in [4.78, 5) is 0. The van der Waals surface area contributed by atoms with Gasteiger partial charge in [0, 0.05) is 13.1 Å². The summed E-state index contributed by atoms with van der Waals surface area (Å²) < 4.78 is 7.67. The van der Waals surface area contributed by atoms with Crippen LogP contribution in [-0.2, 0) is 0 Å². The molecule has 0 bridgehead atoms. The van der Waals surface area contributed by atoms with E-state index in [0.717, 1.165) is 18.8 Å². The Labute approximate surface area is 84.3 Å². The molecule has 0 radical (unpaired) electrons. The third-order valence-electron chi connectivity index (χ3n) is 2.14. The van der Waals surface area contributed by atoms with Crippen LogP contribution in [0.3, 0.4) is 0 Å². The van der Waals surface area contributed by atoms with Gasteiger partial charge in [0.1, 0.15) is 5.60 Å². The van der Waals surface area contributed by atoms with Crippen molar-refractivity contribution < 1.29 is 4.74 Å². The van der Waals surface area contributed by atoms with Crippen LogP contribution in [0.2, 0.25) is 0 Å². The second-order valence-electron chi connectivity index (χ2n) is 4.68. The maximum atomic E-state index is 5.70. The standard InChI is InChI=1S/C10H17N3O/c1-10(2,3)14-9-6-12-13(7-9)8-4-11-5-8/h6-8,11H,4-5H2,1-3H3. The van der Waals surface area contributed by atoms with E-state index in [1.54, 1.807) is 6.20 Å². The summed E-state index contributed by atoms with van der Waals surface area (Å²) in [5, 5.41) is 7.49. The van der Waals surface area contributed by atoms with Crippen molar-refractivity contribution in [3.05, 3.63) is 12.4 Å². The smallest absolute Gasteiger partial charge is 0.157 e. The van der Waals surface area contributed by atoms with Crippen molar-refractivity contribution in [2.75, 3.05) is 13.1 Å². The third kappa shape index (κ3) is 2.07. The third-order valence-corrected chi connectivity index (χ3v) is 2.14. The Morgan fingerprint density at radius 2 is 2.21 bits per heavy atom. The van der Waals surface area contributed by atoms with Crippen molar-refractivity contribution in [2.45, 2.75) is 32.4 Å². The first-order valence-electron chi connectivity index (χ1n) is 4.98. The molecule has 4 nitrogen and oxygen atoms in total. The zero-order chi connectivity index (χ0) is 10.2. The zero-order valence-corrected chi connectivity index (χ0v) is 8.95. The Kier molecular flexibility index (Phi) is 2.23. The normalized spacial score (nSPS) is 17.9. The lowest BCUT2D eigenvalue weighted by Crippen LogP contribution is -2.43. The first kappa shape index (κ1) is 9.52. The predicted molar refractivity (Wildman–Crippen MR) is 54.5 cm³/mol. The fourth-order valence-electron chi connectivity index (χ4n) is 1.39. The van der Waals surface area contributed by atoms with E-state index < -0.39 is 0 Å². The molecular weight excluding hydrogens is 178 g/mol. The molecule has 14 heavy (non-hydrogen) atoms. The van der Waals surface area contributed by atoms with Crippen LogP contribution < -0.4 is 10.1 Å². The summed E-state index contributed by atoms with van der Waals surface area (Å²) in [6.45, 7) is 8.13. The fraction of sp³-hybridized carbons (Fsp3) is 0.700. The Morgan fingerprint density at radius 1 is 1.50 bits per heavy atom. The lowest BCUT2D eigenvalue weighted by atomic mass is 10.2. The van der Waals surface area contributed by atoms with E-state index in [-0.39, 0.29) is 5.60 Å². The van der Waals surface area contributed by atoms with Crippen LogP contribution in [-0.4, -0.2) is 28.5 Å². The van der Waals surface area contributed by atoms with Gasteiger partial charge in [-0.15, -0.1) is 0 Å². The quantitative estimate of drug-likeness (QED) is 0.770. The molecule has 0 saturated carbocycles. The van der Waals surface area contributed by atoms with Crippen LogP contribution >= 0.6 is 0 Å². The Morgan fingerprint density at radius 3 is 2.71 bits per heavy atom. The maximum Gasteiger partial charge on any atom is 0.157 e. The molecule has 0 unspecified atom stereocenters. The molecule has 0 amide bonds.